The van der Waals surface area contributed by atoms with Crippen molar-refractivity contribution in [3.63, 3.8) is 0 Å². The number of carbonyl (C=O) groups excluding carboxylic acids is 4. The van der Waals surface area contributed by atoms with Gasteiger partial charge in [0.1, 0.15) is 29.4 Å². The molecule has 0 bridgehead atoms. The number of nitrogens with one attached hydrogen (secondary N) is 3. The van der Waals surface area contributed by atoms with Crippen LogP contribution in [0.25, 0.3) is 10.2 Å². The molecule has 1 aliphatic carbocycles. The van der Waals surface area contributed by atoms with Crippen molar-refractivity contribution in [2.24, 2.45) is 11.8 Å². The number of pyridine rings is 1. The Morgan fingerprint density at radius 3 is 2.42 bits per heavy atom. The fourth-order valence-corrected chi connectivity index (χ4v) is 10.1. The number of thiazole rings is 1. The number of anilines is 2. The van der Waals surface area contributed by atoms with Gasteiger partial charge in [-0.3, -0.25) is 24.1 Å². The van der Waals surface area contributed by atoms with E-state index in [0.29, 0.717) is 52.5 Å². The normalized spacial score (nSPS) is 23.0. The number of fused-ring (bicyclic) bond motifs is 2. The smallest absolute Gasteiger partial charge is 0.433 e. The van der Waals surface area contributed by atoms with E-state index in [-0.39, 0.29) is 18.5 Å². The van der Waals surface area contributed by atoms with E-state index in [2.05, 4.69) is 25.8 Å². The molecule has 4 N–H and O–H groups in total. The van der Waals surface area contributed by atoms with Gasteiger partial charge >= 0.3 is 6.18 Å². The number of methoxy groups -OCH3 is 1. The van der Waals surface area contributed by atoms with Gasteiger partial charge in [-0.15, -0.1) is 11.3 Å². The van der Waals surface area contributed by atoms with Crippen molar-refractivity contribution in [1.82, 2.24) is 25.1 Å². The van der Waals surface area contributed by atoms with Crippen molar-refractivity contribution in [3.8, 4) is 5.75 Å². The molecule has 2 unspecified atom stereocenters. The summed E-state index contributed by atoms with van der Waals surface area (Å²) in [5, 5.41) is 19.3. The minimum Gasteiger partial charge on any atom is -0.494 e. The maximum atomic E-state index is 13.4. The zero-order valence-electron chi connectivity index (χ0n) is 32.5. The second-order valence-corrected chi connectivity index (χ2v) is 17.0. The molecule has 312 valence electrons. The van der Waals surface area contributed by atoms with Crippen LogP contribution in [0.5, 0.6) is 5.75 Å². The van der Waals surface area contributed by atoms with Crippen LogP contribution in [0.1, 0.15) is 106 Å². The van der Waals surface area contributed by atoms with E-state index < -0.39 is 47.8 Å². The molecule has 17 heteroatoms. The highest BCUT2D eigenvalue weighted by molar-refractivity contribution is 7.18. The van der Waals surface area contributed by atoms with E-state index in [4.69, 9.17) is 9.72 Å². The number of carbonyl (C=O) groups is 4. The molecule has 2 aromatic heterocycles. The Labute approximate surface area is 342 Å². The van der Waals surface area contributed by atoms with Crippen molar-refractivity contribution < 1.29 is 42.2 Å². The van der Waals surface area contributed by atoms with Crippen LogP contribution in [-0.2, 0) is 11.0 Å². The number of hydrogen-bond acceptors (Lipinski definition) is 11. The summed E-state index contributed by atoms with van der Waals surface area (Å²) in [7, 11) is 1.46. The van der Waals surface area contributed by atoms with Crippen LogP contribution in [0.3, 0.4) is 0 Å². The van der Waals surface area contributed by atoms with Crippen LogP contribution >= 0.6 is 11.3 Å². The Morgan fingerprint density at radius 1 is 0.932 bits per heavy atom. The monoisotopic (exact) mass is 833 g/mol. The Kier molecular flexibility index (Phi) is 11.6. The summed E-state index contributed by atoms with van der Waals surface area (Å²) in [6.45, 7) is 3.80. The molecule has 4 amide bonds. The van der Waals surface area contributed by atoms with Crippen LogP contribution in [-0.4, -0.2) is 94.1 Å². The van der Waals surface area contributed by atoms with E-state index >= 15 is 0 Å². The van der Waals surface area contributed by atoms with Gasteiger partial charge < -0.3 is 30.7 Å². The fraction of sp³-hybridized carbons (Fsp3) is 0.476. The SMILES string of the molecule is COc1cc2nc([C@H]3CC[C@H](CN4CCC(CCNc5cccc6c5C(=O)N(C5CCC(O)NC5=O)C6=O)CC4)CC3)sc2cc1NC(=O)c1cccc(C(F)(F)F)n1. The predicted molar refractivity (Wildman–Crippen MR) is 214 cm³/mol. The van der Waals surface area contributed by atoms with Gasteiger partial charge in [-0.2, -0.15) is 13.2 Å². The van der Waals surface area contributed by atoms with Gasteiger partial charge in [0.25, 0.3) is 17.7 Å². The number of likely N-dealkylation sites (tertiary alicyclic amines) is 1. The van der Waals surface area contributed by atoms with E-state index in [1.807, 2.05) is 0 Å². The summed E-state index contributed by atoms with van der Waals surface area (Å²) in [5.74, 6) is -0.434. The highest BCUT2D eigenvalue weighted by atomic mass is 32.1. The van der Waals surface area contributed by atoms with Crippen molar-refractivity contribution in [2.75, 3.05) is 43.9 Å². The molecular weight excluding hydrogens is 788 g/mol. The number of rotatable bonds is 11. The molecular formula is C42H46F3N7O6S. The molecule has 4 aliphatic rings. The number of amides is 4. The molecule has 59 heavy (non-hydrogen) atoms. The van der Waals surface area contributed by atoms with Crippen LogP contribution < -0.4 is 20.7 Å². The van der Waals surface area contributed by atoms with Gasteiger partial charge in [-0.05, 0) is 113 Å². The molecule has 0 spiro atoms. The highest BCUT2D eigenvalue weighted by Crippen LogP contribution is 2.42. The number of hydrogen-bond donors (Lipinski definition) is 4. The van der Waals surface area contributed by atoms with Crippen molar-refractivity contribution >= 4 is 56.6 Å². The number of alkyl halides is 3. The lowest BCUT2D eigenvalue weighted by atomic mass is 9.81. The van der Waals surface area contributed by atoms with Gasteiger partial charge in [-0.25, -0.2) is 9.97 Å². The molecule has 2 saturated heterocycles. The molecule has 1 saturated carbocycles. The average Bonchev–Trinajstić information content (AvgIpc) is 3.75. The number of aromatic nitrogens is 2. The topological polar surface area (TPSA) is 166 Å². The van der Waals surface area contributed by atoms with Gasteiger partial charge in [0.2, 0.25) is 5.91 Å². The molecule has 5 heterocycles. The van der Waals surface area contributed by atoms with E-state index in [1.165, 1.54) is 13.2 Å². The summed E-state index contributed by atoms with van der Waals surface area (Å²) in [5.41, 5.74) is 0.778. The molecule has 4 aromatic rings. The van der Waals surface area contributed by atoms with Crippen molar-refractivity contribution in [1.29, 1.82) is 0 Å². The molecule has 3 fully saturated rings. The third kappa shape index (κ3) is 8.64. The third-order valence-electron chi connectivity index (χ3n) is 12.1. The molecule has 3 aliphatic heterocycles. The lowest BCUT2D eigenvalue weighted by molar-refractivity contribution is -0.141. The number of ether oxygens (including phenoxy) is 1. The number of nitrogens with zero attached hydrogens (tertiary/aromatic N) is 4. The minimum atomic E-state index is -4.67. The summed E-state index contributed by atoms with van der Waals surface area (Å²) in [6.07, 6.45) is 2.23. The lowest BCUT2D eigenvalue weighted by Gasteiger charge is -2.36. The number of halogens is 3. The van der Waals surface area contributed by atoms with E-state index in [1.54, 1.807) is 41.7 Å². The second-order valence-electron chi connectivity index (χ2n) is 15.9. The zero-order chi connectivity index (χ0) is 41.4. The molecule has 8 rings (SSSR count). The fourth-order valence-electron chi connectivity index (χ4n) is 8.90. The first-order chi connectivity index (χ1) is 28.4. The minimum absolute atomic E-state index is 0.216. The van der Waals surface area contributed by atoms with Gasteiger partial charge in [0.15, 0.2) is 0 Å². The van der Waals surface area contributed by atoms with Crippen LogP contribution in [0, 0.1) is 11.8 Å². The van der Waals surface area contributed by atoms with Gasteiger partial charge in [-0.1, -0.05) is 12.1 Å². The predicted octanol–water partition coefficient (Wildman–Crippen LogP) is 6.65. The van der Waals surface area contributed by atoms with Gasteiger partial charge in [0.05, 0.1) is 39.1 Å². The molecule has 2 aromatic carbocycles. The first kappa shape index (κ1) is 40.6. The van der Waals surface area contributed by atoms with E-state index in [9.17, 15) is 37.5 Å². The summed E-state index contributed by atoms with van der Waals surface area (Å²) in [4.78, 5) is 64.1. The van der Waals surface area contributed by atoms with Crippen molar-refractivity contribution in [2.45, 2.75) is 82.2 Å². The average molecular weight is 834 g/mol. The number of aliphatic hydroxyl groups is 1. The highest BCUT2D eigenvalue weighted by Gasteiger charge is 2.45. The molecule has 2 atom stereocenters. The summed E-state index contributed by atoms with van der Waals surface area (Å²) >= 11 is 1.57. The first-order valence-electron chi connectivity index (χ1n) is 20.2. The Bertz CT molecular complexity index is 2250. The summed E-state index contributed by atoms with van der Waals surface area (Å²) < 4.78 is 45.9. The first-order valence-corrected chi connectivity index (χ1v) is 21.0. The van der Waals surface area contributed by atoms with Crippen LogP contribution in [0.4, 0.5) is 24.5 Å². The zero-order valence-corrected chi connectivity index (χ0v) is 33.3. The number of piperidine rings is 2. The van der Waals surface area contributed by atoms with Crippen molar-refractivity contribution in [3.05, 3.63) is 76.1 Å². The largest absolute Gasteiger partial charge is 0.494 e. The quantitative estimate of drug-likeness (QED) is 0.120. The maximum Gasteiger partial charge on any atom is 0.433 e. The Hall–Kier alpha value is -5.13. The van der Waals surface area contributed by atoms with Crippen LogP contribution in [0.2, 0.25) is 0 Å². The molecule has 13 nitrogen and oxygen atoms in total. The number of imide groups is 1. The molecule has 0 radical (unpaired) electrons. The van der Waals surface area contributed by atoms with Crippen LogP contribution in [0.15, 0.2) is 48.5 Å². The Balaban J connectivity index is 0.792. The maximum absolute atomic E-state index is 13.4. The number of aliphatic hydroxyl groups excluding tert-OH is 1. The van der Waals surface area contributed by atoms with E-state index in [0.717, 1.165) is 96.8 Å². The lowest BCUT2D eigenvalue weighted by Crippen LogP contribution is -2.55. The third-order valence-corrected chi connectivity index (χ3v) is 13.3. The number of benzene rings is 2. The second kappa shape index (κ2) is 16.9. The summed E-state index contributed by atoms with van der Waals surface area (Å²) in [6, 6.07) is 10.9. The Morgan fingerprint density at radius 2 is 1.69 bits per heavy atom. The standard InChI is InChI=1S/C42H46F3N7O6S/c1-58-32-20-30-33(21-29(32)48-37(54)28-6-3-7-34(47-28)42(43,44)45)59-39(49-30)25-10-8-24(9-11-25)22-51-18-15-23(16-19-51)14-17-46-27-5-2-4-26-36(27)41(57)52(40(26)56)31-12-13-35(53)50-38(31)55/h2-7,20-21,23-25,31,35,46,53H,8-19,22H2,1H3,(H,48,54)(H,50,55)/t24-,25-,31?,35?. The van der Waals surface area contributed by atoms with Gasteiger partial charge in [0, 0.05) is 30.8 Å².